The molecule has 0 amide bonds. The standard InChI is InChI=1S/C16H19BrFNOS/c1-11(2)8-19-9-12-3-4-15(14(18)7-12)20-10-16-13(17)5-6-21-16/h3-7,11,19H,8-10H2,1-2H3. The maximum absolute atomic E-state index is 14.0. The largest absolute Gasteiger partial charge is 0.485 e. The van der Waals surface area contributed by atoms with Gasteiger partial charge in [0.25, 0.3) is 0 Å². The van der Waals surface area contributed by atoms with E-state index in [0.717, 1.165) is 21.5 Å². The lowest BCUT2D eigenvalue weighted by Gasteiger charge is -2.10. The van der Waals surface area contributed by atoms with E-state index in [4.69, 9.17) is 4.74 Å². The number of thiophene rings is 1. The predicted molar refractivity (Wildman–Crippen MR) is 89.3 cm³/mol. The zero-order valence-electron chi connectivity index (χ0n) is 12.2. The first-order valence-electron chi connectivity index (χ1n) is 6.90. The van der Waals surface area contributed by atoms with E-state index in [0.29, 0.717) is 24.8 Å². The van der Waals surface area contributed by atoms with Crippen LogP contribution in [0, 0.1) is 11.7 Å². The Kier molecular flexibility index (Phi) is 6.21. The number of halogens is 2. The molecule has 0 unspecified atom stereocenters. The molecule has 0 aliphatic rings. The summed E-state index contributed by atoms with van der Waals surface area (Å²) in [4.78, 5) is 1.05. The maximum atomic E-state index is 14.0. The van der Waals surface area contributed by atoms with Crippen molar-refractivity contribution < 1.29 is 9.13 Å². The number of rotatable bonds is 7. The summed E-state index contributed by atoms with van der Waals surface area (Å²) in [7, 11) is 0. The Bertz CT molecular complexity index is 585. The molecular formula is C16H19BrFNOS. The van der Waals surface area contributed by atoms with E-state index in [1.54, 1.807) is 17.4 Å². The van der Waals surface area contributed by atoms with Gasteiger partial charge in [0.05, 0.1) is 4.88 Å². The highest BCUT2D eigenvalue weighted by atomic mass is 79.9. The first-order valence-corrected chi connectivity index (χ1v) is 8.57. The number of hydrogen-bond donors (Lipinski definition) is 1. The second-order valence-corrected chi connectivity index (χ2v) is 7.12. The quantitative estimate of drug-likeness (QED) is 0.741. The van der Waals surface area contributed by atoms with E-state index in [-0.39, 0.29) is 5.82 Å². The summed E-state index contributed by atoms with van der Waals surface area (Å²) in [5.74, 6) is 0.566. The van der Waals surface area contributed by atoms with E-state index in [1.807, 2.05) is 17.5 Å². The van der Waals surface area contributed by atoms with Gasteiger partial charge in [-0.1, -0.05) is 19.9 Å². The Labute approximate surface area is 137 Å². The highest BCUT2D eigenvalue weighted by Gasteiger charge is 2.07. The van der Waals surface area contributed by atoms with Gasteiger partial charge in [0.1, 0.15) is 6.61 Å². The first-order chi connectivity index (χ1) is 10.1. The van der Waals surface area contributed by atoms with Crippen LogP contribution in [0.4, 0.5) is 4.39 Å². The Balaban J connectivity index is 1.91. The average Bonchev–Trinajstić information content (AvgIpc) is 2.83. The molecule has 5 heteroatoms. The molecule has 0 aliphatic carbocycles. The van der Waals surface area contributed by atoms with Crippen molar-refractivity contribution in [2.24, 2.45) is 5.92 Å². The van der Waals surface area contributed by atoms with Crippen molar-refractivity contribution in [3.05, 3.63) is 50.4 Å². The molecule has 0 spiro atoms. The van der Waals surface area contributed by atoms with Crippen LogP contribution >= 0.6 is 27.3 Å². The predicted octanol–water partition coefficient (Wildman–Crippen LogP) is 4.97. The third-order valence-corrected chi connectivity index (χ3v) is 4.83. The molecule has 0 bridgehead atoms. The molecule has 0 fully saturated rings. The van der Waals surface area contributed by atoms with Gasteiger partial charge in [-0.15, -0.1) is 11.3 Å². The Morgan fingerprint density at radius 1 is 1.33 bits per heavy atom. The molecule has 2 aromatic rings. The molecule has 0 aliphatic heterocycles. The minimum Gasteiger partial charge on any atom is -0.485 e. The fraction of sp³-hybridized carbons (Fsp3) is 0.375. The van der Waals surface area contributed by atoms with Gasteiger partial charge in [0.15, 0.2) is 11.6 Å². The first kappa shape index (κ1) is 16.5. The van der Waals surface area contributed by atoms with Crippen molar-refractivity contribution in [2.45, 2.75) is 27.0 Å². The molecule has 21 heavy (non-hydrogen) atoms. The number of hydrogen-bond acceptors (Lipinski definition) is 3. The summed E-state index contributed by atoms with van der Waals surface area (Å²) in [5.41, 5.74) is 0.929. The topological polar surface area (TPSA) is 21.3 Å². The zero-order valence-corrected chi connectivity index (χ0v) is 14.6. The molecule has 1 N–H and O–H groups in total. The van der Waals surface area contributed by atoms with Crippen LogP contribution < -0.4 is 10.1 Å². The monoisotopic (exact) mass is 371 g/mol. The SMILES string of the molecule is CC(C)CNCc1ccc(OCc2sccc2Br)c(F)c1. The molecule has 0 atom stereocenters. The van der Waals surface area contributed by atoms with Crippen molar-refractivity contribution in [3.8, 4) is 5.75 Å². The number of benzene rings is 1. The summed E-state index contributed by atoms with van der Waals surface area (Å²) >= 11 is 5.03. The Hall–Kier alpha value is -0.910. The van der Waals surface area contributed by atoms with Gasteiger partial charge < -0.3 is 10.1 Å². The lowest BCUT2D eigenvalue weighted by atomic mass is 10.2. The van der Waals surface area contributed by atoms with Crippen LogP contribution in [0.1, 0.15) is 24.3 Å². The Morgan fingerprint density at radius 2 is 2.14 bits per heavy atom. The molecule has 0 saturated heterocycles. The highest BCUT2D eigenvalue weighted by Crippen LogP contribution is 2.25. The average molecular weight is 372 g/mol. The normalized spacial score (nSPS) is 11.1. The number of nitrogens with one attached hydrogen (secondary N) is 1. The van der Waals surface area contributed by atoms with Crippen molar-refractivity contribution in [1.82, 2.24) is 5.32 Å². The fourth-order valence-electron chi connectivity index (χ4n) is 1.85. The van der Waals surface area contributed by atoms with Crippen LogP contribution in [-0.4, -0.2) is 6.54 Å². The van der Waals surface area contributed by atoms with Gasteiger partial charge in [0.2, 0.25) is 0 Å². The molecule has 1 aromatic heterocycles. The van der Waals surface area contributed by atoms with Crippen molar-refractivity contribution in [1.29, 1.82) is 0 Å². The summed E-state index contributed by atoms with van der Waals surface area (Å²) < 4.78 is 20.6. The molecule has 0 saturated carbocycles. The van der Waals surface area contributed by atoms with Crippen LogP contribution in [0.3, 0.4) is 0 Å². The van der Waals surface area contributed by atoms with E-state index in [1.165, 1.54) is 6.07 Å². The van der Waals surface area contributed by atoms with Crippen LogP contribution in [0.5, 0.6) is 5.75 Å². The minimum atomic E-state index is -0.313. The van der Waals surface area contributed by atoms with E-state index >= 15 is 0 Å². The van der Waals surface area contributed by atoms with Crippen LogP contribution in [0.2, 0.25) is 0 Å². The van der Waals surface area contributed by atoms with Gasteiger partial charge >= 0.3 is 0 Å². The van der Waals surface area contributed by atoms with Gasteiger partial charge in [-0.3, -0.25) is 0 Å². The van der Waals surface area contributed by atoms with Crippen molar-refractivity contribution in [2.75, 3.05) is 6.54 Å². The molecule has 1 heterocycles. The van der Waals surface area contributed by atoms with Crippen molar-refractivity contribution in [3.63, 3.8) is 0 Å². The van der Waals surface area contributed by atoms with Gasteiger partial charge in [-0.25, -0.2) is 4.39 Å². The van der Waals surface area contributed by atoms with E-state index < -0.39 is 0 Å². The van der Waals surface area contributed by atoms with Crippen LogP contribution in [-0.2, 0) is 13.2 Å². The lowest BCUT2D eigenvalue weighted by Crippen LogP contribution is -2.19. The second kappa shape index (κ2) is 7.92. The summed E-state index contributed by atoms with van der Waals surface area (Å²) in [6, 6.07) is 7.09. The third-order valence-electron chi connectivity index (χ3n) is 2.93. The van der Waals surface area contributed by atoms with Gasteiger partial charge in [-0.2, -0.15) is 0 Å². The summed E-state index contributed by atoms with van der Waals surface area (Å²) in [5, 5.41) is 5.27. The van der Waals surface area contributed by atoms with Gasteiger partial charge in [0, 0.05) is 11.0 Å². The second-order valence-electron chi connectivity index (χ2n) is 5.27. The fourth-order valence-corrected chi connectivity index (χ4v) is 3.23. The molecule has 2 nitrogen and oxygen atoms in total. The van der Waals surface area contributed by atoms with Crippen molar-refractivity contribution >= 4 is 27.3 Å². The lowest BCUT2D eigenvalue weighted by molar-refractivity contribution is 0.292. The summed E-state index contributed by atoms with van der Waals surface area (Å²) in [6.07, 6.45) is 0. The van der Waals surface area contributed by atoms with E-state index in [9.17, 15) is 4.39 Å². The molecular weight excluding hydrogens is 353 g/mol. The van der Waals surface area contributed by atoms with Crippen LogP contribution in [0.15, 0.2) is 34.1 Å². The molecule has 0 radical (unpaired) electrons. The Morgan fingerprint density at radius 3 is 2.76 bits per heavy atom. The molecule has 114 valence electrons. The maximum Gasteiger partial charge on any atom is 0.165 e. The van der Waals surface area contributed by atoms with Crippen LogP contribution in [0.25, 0.3) is 0 Å². The van der Waals surface area contributed by atoms with E-state index in [2.05, 4.69) is 35.1 Å². The zero-order chi connectivity index (χ0) is 15.2. The highest BCUT2D eigenvalue weighted by molar-refractivity contribution is 9.10. The molecule has 1 aromatic carbocycles. The minimum absolute atomic E-state index is 0.294. The van der Waals surface area contributed by atoms with Gasteiger partial charge in [-0.05, 0) is 57.5 Å². The summed E-state index contributed by atoms with van der Waals surface area (Å²) in [6.45, 7) is 6.26. The number of ether oxygens (including phenoxy) is 1. The smallest absolute Gasteiger partial charge is 0.165 e. The third kappa shape index (κ3) is 5.09. The molecule has 2 rings (SSSR count).